The van der Waals surface area contributed by atoms with Crippen molar-refractivity contribution >= 4 is 29.9 Å². The number of allylic oxidation sites excluding steroid dienone is 7. The lowest BCUT2D eigenvalue weighted by Gasteiger charge is -2.35. The summed E-state index contributed by atoms with van der Waals surface area (Å²) < 4.78 is 0. The number of hydrogen-bond donors (Lipinski definition) is 0. The average molecular weight is 656 g/mol. The van der Waals surface area contributed by atoms with Gasteiger partial charge in [0, 0.05) is 39.5 Å². The van der Waals surface area contributed by atoms with Crippen LogP contribution in [0.15, 0.2) is 177 Å². The Morgan fingerprint density at radius 3 is 2.55 bits per heavy atom. The molecule has 49 heavy (non-hydrogen) atoms. The third-order valence-corrected chi connectivity index (χ3v) is 12.1. The summed E-state index contributed by atoms with van der Waals surface area (Å²) >= 11 is 1.98. The van der Waals surface area contributed by atoms with Gasteiger partial charge in [-0.3, -0.25) is 15.0 Å². The van der Waals surface area contributed by atoms with Gasteiger partial charge in [-0.25, -0.2) is 0 Å². The van der Waals surface area contributed by atoms with Gasteiger partial charge in [0.1, 0.15) is 0 Å². The molecule has 2 aliphatic heterocycles. The van der Waals surface area contributed by atoms with Crippen LogP contribution < -0.4 is 0 Å². The van der Waals surface area contributed by atoms with Gasteiger partial charge in [-0.1, -0.05) is 128 Å². The predicted molar refractivity (Wildman–Crippen MR) is 207 cm³/mol. The fourth-order valence-corrected chi connectivity index (χ4v) is 9.48. The van der Waals surface area contributed by atoms with Crippen LogP contribution in [0.1, 0.15) is 59.9 Å². The van der Waals surface area contributed by atoms with Gasteiger partial charge in [-0.15, -0.1) is 11.8 Å². The van der Waals surface area contributed by atoms with Gasteiger partial charge in [-0.2, -0.15) is 0 Å². The van der Waals surface area contributed by atoms with Crippen molar-refractivity contribution in [2.24, 2.45) is 26.8 Å². The SMILES string of the molecule is C=N/C(=C\C(=NCc1cccc(C2=NC3=CC=CCC3C3c4ccccc4SC23)c1)c1ccccc1)C1C=CC(C)(c2ccccc2)CC1. The smallest absolute Gasteiger partial charge is 0.0669 e. The highest BCUT2D eigenvalue weighted by molar-refractivity contribution is 8.01. The first-order chi connectivity index (χ1) is 24.1. The first-order valence-electron chi connectivity index (χ1n) is 17.4. The maximum atomic E-state index is 5.35. The van der Waals surface area contributed by atoms with Gasteiger partial charge < -0.3 is 0 Å². The molecule has 5 unspecified atom stereocenters. The fraction of sp³-hybridized carbons (Fsp3) is 0.222. The van der Waals surface area contributed by atoms with Crippen LogP contribution in [0.4, 0.5) is 0 Å². The Morgan fingerprint density at radius 1 is 0.959 bits per heavy atom. The molecular formula is C45H41N3S. The number of aliphatic imine (C=N–C) groups is 3. The van der Waals surface area contributed by atoms with Gasteiger partial charge in [0.2, 0.25) is 0 Å². The van der Waals surface area contributed by atoms with Crippen LogP contribution >= 0.6 is 11.8 Å². The number of benzene rings is 4. The monoisotopic (exact) mass is 655 g/mol. The minimum Gasteiger partial charge on any atom is -0.280 e. The molecule has 0 saturated heterocycles. The Labute approximate surface area is 294 Å². The zero-order chi connectivity index (χ0) is 33.2. The molecule has 0 aromatic heterocycles. The van der Waals surface area contributed by atoms with E-state index in [9.17, 15) is 0 Å². The maximum absolute atomic E-state index is 5.35. The molecule has 0 radical (unpaired) electrons. The summed E-state index contributed by atoms with van der Waals surface area (Å²) in [5.41, 5.74) is 10.6. The molecule has 0 bridgehead atoms. The number of rotatable bonds is 8. The molecule has 3 nitrogen and oxygen atoms in total. The second-order valence-corrected chi connectivity index (χ2v) is 14.9. The lowest BCUT2D eigenvalue weighted by atomic mass is 9.72. The van der Waals surface area contributed by atoms with E-state index in [1.807, 2.05) is 11.8 Å². The fourth-order valence-electron chi connectivity index (χ4n) is 7.92. The van der Waals surface area contributed by atoms with Gasteiger partial charge in [0.25, 0.3) is 0 Å². The molecule has 4 aromatic rings. The predicted octanol–water partition coefficient (Wildman–Crippen LogP) is 10.7. The summed E-state index contributed by atoms with van der Waals surface area (Å²) in [5, 5.41) is 0.307. The van der Waals surface area contributed by atoms with Crippen molar-refractivity contribution in [2.45, 2.75) is 54.2 Å². The summed E-state index contributed by atoms with van der Waals surface area (Å²) in [6.07, 6.45) is 16.6. The first kappa shape index (κ1) is 31.5. The van der Waals surface area contributed by atoms with Crippen LogP contribution in [0.25, 0.3) is 0 Å². The number of fused-ring (bicyclic) bond motifs is 5. The van der Waals surface area contributed by atoms with E-state index in [0.29, 0.717) is 23.6 Å². The van der Waals surface area contributed by atoms with Gasteiger partial charge in [0.05, 0.1) is 23.2 Å². The van der Waals surface area contributed by atoms with Crippen molar-refractivity contribution in [3.63, 3.8) is 0 Å². The zero-order valence-electron chi connectivity index (χ0n) is 28.0. The van der Waals surface area contributed by atoms with Crippen LogP contribution in [0.5, 0.6) is 0 Å². The van der Waals surface area contributed by atoms with Crippen LogP contribution in [-0.4, -0.2) is 23.4 Å². The number of nitrogens with zero attached hydrogens (tertiary/aromatic N) is 3. The lowest BCUT2D eigenvalue weighted by Crippen LogP contribution is -2.34. The van der Waals surface area contributed by atoms with E-state index in [4.69, 9.17) is 9.98 Å². The maximum Gasteiger partial charge on any atom is 0.0669 e. The highest BCUT2D eigenvalue weighted by Crippen LogP contribution is 2.55. The van der Waals surface area contributed by atoms with Crippen molar-refractivity contribution in [1.82, 2.24) is 0 Å². The van der Waals surface area contributed by atoms with E-state index in [0.717, 1.165) is 36.2 Å². The molecule has 0 N–H and O–H groups in total. The summed E-state index contributed by atoms with van der Waals surface area (Å²) in [6, 6.07) is 39.1. The van der Waals surface area contributed by atoms with Crippen LogP contribution in [0, 0.1) is 11.8 Å². The molecule has 0 saturated carbocycles. The van der Waals surface area contributed by atoms with E-state index in [2.05, 4.69) is 164 Å². The Bertz CT molecular complexity index is 2050. The van der Waals surface area contributed by atoms with Crippen LogP contribution in [0.2, 0.25) is 0 Å². The lowest BCUT2D eigenvalue weighted by molar-refractivity contribution is 0.451. The van der Waals surface area contributed by atoms with Gasteiger partial charge in [-0.05, 0) is 78.1 Å². The van der Waals surface area contributed by atoms with Gasteiger partial charge in [0.15, 0.2) is 0 Å². The molecule has 2 heterocycles. The highest BCUT2D eigenvalue weighted by atomic mass is 32.2. The molecule has 4 aromatic carbocycles. The standard InChI is InChI=1S/C45H41N3S/c1-45(35-18-7-4-8-19-35)26-24-33(25-27-45)39(46-2)29-40(32-15-5-3-6-16-32)47-30-31-14-13-17-34(28-31)43-44-42(36-20-9-11-22-38(36)48-43)37-21-10-12-23-41(37)49-44/h3-19,21-24,26,28-29,33,36,42,44H,2,20,25,27,30H2,1H3/b39-29-,47-40?. The Hall–Kier alpha value is -4.80. The number of hydrogen-bond acceptors (Lipinski definition) is 4. The zero-order valence-corrected chi connectivity index (χ0v) is 28.8. The topological polar surface area (TPSA) is 37.1 Å². The summed E-state index contributed by atoms with van der Waals surface area (Å²) in [4.78, 5) is 16.5. The molecule has 4 heteroatoms. The molecule has 242 valence electrons. The molecule has 0 amide bonds. The van der Waals surface area contributed by atoms with E-state index in [1.54, 1.807) is 0 Å². The summed E-state index contributed by atoms with van der Waals surface area (Å²) in [5.74, 6) is 1.07. The molecule has 0 fully saturated rings. The van der Waals surface area contributed by atoms with Gasteiger partial charge >= 0.3 is 0 Å². The normalized spacial score (nSPS) is 25.9. The van der Waals surface area contributed by atoms with E-state index < -0.39 is 0 Å². The molecular weight excluding hydrogens is 615 g/mol. The number of thioether (sulfide) groups is 1. The summed E-state index contributed by atoms with van der Waals surface area (Å²) in [6.45, 7) is 6.89. The molecule has 8 rings (SSSR count). The third-order valence-electron chi connectivity index (χ3n) is 10.7. The minimum atomic E-state index is 0.0268. The molecule has 4 aliphatic rings. The molecule has 5 atom stereocenters. The molecule has 0 spiro atoms. The largest absolute Gasteiger partial charge is 0.280 e. The quantitative estimate of drug-likeness (QED) is 0.137. The Kier molecular flexibility index (Phi) is 8.74. The van der Waals surface area contributed by atoms with Crippen LogP contribution in [0.3, 0.4) is 0 Å². The molecule has 2 aliphatic carbocycles. The van der Waals surface area contributed by atoms with Crippen molar-refractivity contribution in [2.75, 3.05) is 0 Å². The second kappa shape index (κ2) is 13.6. The minimum absolute atomic E-state index is 0.0268. The van der Waals surface area contributed by atoms with E-state index >= 15 is 0 Å². The summed E-state index contributed by atoms with van der Waals surface area (Å²) in [7, 11) is 0. The first-order valence-corrected chi connectivity index (χ1v) is 18.3. The Morgan fingerprint density at radius 2 is 1.76 bits per heavy atom. The van der Waals surface area contributed by atoms with Crippen molar-refractivity contribution < 1.29 is 0 Å². The van der Waals surface area contributed by atoms with Crippen LogP contribution in [-0.2, 0) is 12.0 Å². The van der Waals surface area contributed by atoms with E-state index in [-0.39, 0.29) is 11.3 Å². The van der Waals surface area contributed by atoms with E-state index in [1.165, 1.54) is 38.6 Å². The Balaban J connectivity index is 1.09. The van der Waals surface area contributed by atoms with Crippen molar-refractivity contribution in [3.8, 4) is 0 Å². The van der Waals surface area contributed by atoms with Crippen molar-refractivity contribution in [3.05, 3.63) is 185 Å². The highest BCUT2D eigenvalue weighted by Gasteiger charge is 2.45. The van der Waals surface area contributed by atoms with Crippen molar-refractivity contribution in [1.29, 1.82) is 0 Å². The second-order valence-electron chi connectivity index (χ2n) is 13.7. The third kappa shape index (κ3) is 6.26. The average Bonchev–Trinajstić information content (AvgIpc) is 3.56.